The number of ether oxygens (including phenoxy) is 3. The number of esters is 1. The van der Waals surface area contributed by atoms with E-state index >= 15 is 0 Å². The molecule has 3 aromatic rings. The second-order valence-corrected chi connectivity index (χ2v) is 6.98. The Labute approximate surface area is 179 Å². The third kappa shape index (κ3) is 5.11. The maximum Gasteiger partial charge on any atom is 0.333 e. The Bertz CT molecular complexity index is 1130. The van der Waals surface area contributed by atoms with Gasteiger partial charge < -0.3 is 14.2 Å². The smallest absolute Gasteiger partial charge is 0.333 e. The number of rotatable bonds is 9. The molecule has 0 saturated heterocycles. The van der Waals surface area contributed by atoms with Crippen LogP contribution in [0.4, 0.5) is 0 Å². The third-order valence-corrected chi connectivity index (χ3v) is 4.72. The van der Waals surface area contributed by atoms with Crippen LogP contribution < -0.4 is 10.3 Å². The van der Waals surface area contributed by atoms with Crippen LogP contribution in [-0.2, 0) is 20.8 Å². The van der Waals surface area contributed by atoms with Gasteiger partial charge in [0.1, 0.15) is 12.4 Å². The summed E-state index contributed by atoms with van der Waals surface area (Å²) in [5.41, 5.74) is 2.00. The van der Waals surface area contributed by atoms with Gasteiger partial charge in [0.25, 0.3) is 5.56 Å². The first kappa shape index (κ1) is 22.1. The SMILES string of the molecule is CCOC(=O)/C=C/OCC(C)n1nc(C)c2c(=O)n(Cc3ccc(OC)cc3)ncc21. The van der Waals surface area contributed by atoms with Crippen LogP contribution >= 0.6 is 0 Å². The molecule has 1 aromatic carbocycles. The van der Waals surface area contributed by atoms with E-state index in [0.717, 1.165) is 11.3 Å². The molecular formula is C22H26N4O5. The van der Waals surface area contributed by atoms with Crippen LogP contribution in [0.1, 0.15) is 31.1 Å². The summed E-state index contributed by atoms with van der Waals surface area (Å²) in [4.78, 5) is 24.3. The summed E-state index contributed by atoms with van der Waals surface area (Å²) in [5.74, 6) is 0.294. The number of fused-ring (bicyclic) bond motifs is 1. The zero-order chi connectivity index (χ0) is 22.4. The number of nitrogens with zero attached hydrogens (tertiary/aromatic N) is 4. The van der Waals surface area contributed by atoms with Crippen molar-refractivity contribution in [3.8, 4) is 5.75 Å². The number of benzene rings is 1. The van der Waals surface area contributed by atoms with Gasteiger partial charge in [0.15, 0.2) is 0 Å². The highest BCUT2D eigenvalue weighted by molar-refractivity contribution is 5.81. The molecule has 0 saturated carbocycles. The second-order valence-electron chi connectivity index (χ2n) is 6.98. The fourth-order valence-corrected chi connectivity index (χ4v) is 3.17. The Balaban J connectivity index is 1.78. The lowest BCUT2D eigenvalue weighted by Gasteiger charge is -2.13. The number of methoxy groups -OCH3 is 1. The fourth-order valence-electron chi connectivity index (χ4n) is 3.17. The van der Waals surface area contributed by atoms with Gasteiger partial charge >= 0.3 is 5.97 Å². The van der Waals surface area contributed by atoms with Crippen LogP contribution in [0.5, 0.6) is 5.75 Å². The molecule has 0 aliphatic rings. The van der Waals surface area contributed by atoms with E-state index in [1.807, 2.05) is 31.2 Å². The molecule has 9 nitrogen and oxygen atoms in total. The molecule has 9 heteroatoms. The minimum Gasteiger partial charge on any atom is -0.499 e. The van der Waals surface area contributed by atoms with Gasteiger partial charge in [-0.05, 0) is 38.5 Å². The highest BCUT2D eigenvalue weighted by atomic mass is 16.5. The number of carbonyl (C=O) groups excluding carboxylic acids is 1. The van der Waals surface area contributed by atoms with E-state index in [1.54, 1.807) is 31.8 Å². The van der Waals surface area contributed by atoms with Crippen molar-refractivity contribution < 1.29 is 19.0 Å². The monoisotopic (exact) mass is 426 g/mol. The van der Waals surface area contributed by atoms with E-state index in [4.69, 9.17) is 14.2 Å². The van der Waals surface area contributed by atoms with Crippen LogP contribution in [-0.4, -0.2) is 45.9 Å². The van der Waals surface area contributed by atoms with Crippen LogP contribution in [0.25, 0.3) is 10.9 Å². The molecule has 0 N–H and O–H groups in total. The van der Waals surface area contributed by atoms with Crippen molar-refractivity contribution >= 4 is 16.9 Å². The Hall–Kier alpha value is -3.62. The van der Waals surface area contributed by atoms with Crippen molar-refractivity contribution in [2.24, 2.45) is 0 Å². The molecule has 0 amide bonds. The van der Waals surface area contributed by atoms with Crippen molar-refractivity contribution in [2.75, 3.05) is 20.3 Å². The zero-order valence-electron chi connectivity index (χ0n) is 18.1. The maximum atomic E-state index is 13.0. The average Bonchev–Trinajstić information content (AvgIpc) is 3.11. The fraction of sp³-hybridized carbons (Fsp3) is 0.364. The highest BCUT2D eigenvalue weighted by Crippen LogP contribution is 2.18. The van der Waals surface area contributed by atoms with E-state index in [1.165, 1.54) is 17.0 Å². The Morgan fingerprint density at radius 2 is 2.00 bits per heavy atom. The molecule has 0 aliphatic heterocycles. The summed E-state index contributed by atoms with van der Waals surface area (Å²) in [7, 11) is 1.61. The van der Waals surface area contributed by atoms with Crippen molar-refractivity contribution in [3.63, 3.8) is 0 Å². The average molecular weight is 426 g/mol. The van der Waals surface area contributed by atoms with E-state index in [2.05, 4.69) is 10.2 Å². The van der Waals surface area contributed by atoms with Gasteiger partial charge in [0.2, 0.25) is 0 Å². The summed E-state index contributed by atoms with van der Waals surface area (Å²) in [6.45, 7) is 6.36. The van der Waals surface area contributed by atoms with Crippen LogP contribution in [0, 0.1) is 6.92 Å². The van der Waals surface area contributed by atoms with E-state index in [9.17, 15) is 9.59 Å². The van der Waals surface area contributed by atoms with Crippen LogP contribution in [0.15, 0.2) is 47.6 Å². The van der Waals surface area contributed by atoms with Crippen LogP contribution in [0.2, 0.25) is 0 Å². The summed E-state index contributed by atoms with van der Waals surface area (Å²) >= 11 is 0. The molecular weight excluding hydrogens is 400 g/mol. The minimum absolute atomic E-state index is 0.179. The summed E-state index contributed by atoms with van der Waals surface area (Å²) in [6, 6.07) is 7.31. The number of hydrogen-bond donors (Lipinski definition) is 0. The largest absolute Gasteiger partial charge is 0.499 e. The molecule has 0 radical (unpaired) electrons. The van der Waals surface area contributed by atoms with E-state index < -0.39 is 5.97 Å². The van der Waals surface area contributed by atoms with Crippen molar-refractivity contribution in [1.82, 2.24) is 19.6 Å². The number of aryl methyl sites for hydroxylation is 1. The van der Waals surface area contributed by atoms with Gasteiger partial charge in [0.05, 0.1) is 61.4 Å². The Morgan fingerprint density at radius 1 is 1.26 bits per heavy atom. The summed E-state index contributed by atoms with van der Waals surface area (Å²) in [5, 5.41) is 9.38. The summed E-state index contributed by atoms with van der Waals surface area (Å²) < 4.78 is 18.5. The number of aromatic nitrogens is 4. The topological polar surface area (TPSA) is 97.5 Å². The molecule has 0 fully saturated rings. The molecule has 0 spiro atoms. The van der Waals surface area contributed by atoms with Gasteiger partial charge in [-0.2, -0.15) is 10.2 Å². The molecule has 164 valence electrons. The number of carbonyl (C=O) groups is 1. The first-order valence-electron chi connectivity index (χ1n) is 9.97. The predicted octanol–water partition coefficient (Wildman–Crippen LogP) is 2.61. The molecule has 31 heavy (non-hydrogen) atoms. The Morgan fingerprint density at radius 3 is 2.68 bits per heavy atom. The van der Waals surface area contributed by atoms with Crippen molar-refractivity contribution in [3.05, 3.63) is 64.4 Å². The molecule has 1 unspecified atom stereocenters. The van der Waals surface area contributed by atoms with E-state index in [0.29, 0.717) is 29.7 Å². The lowest BCUT2D eigenvalue weighted by Crippen LogP contribution is -2.24. The normalized spacial score (nSPS) is 12.3. The summed E-state index contributed by atoms with van der Waals surface area (Å²) in [6.07, 6.45) is 4.17. The van der Waals surface area contributed by atoms with Crippen molar-refractivity contribution in [1.29, 1.82) is 0 Å². The number of hydrogen-bond acceptors (Lipinski definition) is 7. The lowest BCUT2D eigenvalue weighted by atomic mass is 10.2. The molecule has 1 atom stereocenters. The maximum absolute atomic E-state index is 13.0. The minimum atomic E-state index is -0.461. The predicted molar refractivity (Wildman–Crippen MR) is 115 cm³/mol. The highest BCUT2D eigenvalue weighted by Gasteiger charge is 2.17. The quantitative estimate of drug-likeness (QED) is 0.295. The molecule has 3 rings (SSSR count). The second kappa shape index (κ2) is 9.92. The molecule has 0 bridgehead atoms. The zero-order valence-corrected chi connectivity index (χ0v) is 18.1. The van der Waals surface area contributed by atoms with Gasteiger partial charge in [-0.1, -0.05) is 12.1 Å². The molecule has 0 aliphatic carbocycles. The van der Waals surface area contributed by atoms with E-state index in [-0.39, 0.29) is 18.2 Å². The molecule has 2 aromatic heterocycles. The van der Waals surface area contributed by atoms with Gasteiger partial charge in [-0.3, -0.25) is 9.48 Å². The third-order valence-electron chi connectivity index (χ3n) is 4.72. The van der Waals surface area contributed by atoms with Gasteiger partial charge in [-0.15, -0.1) is 0 Å². The Kier molecular flexibility index (Phi) is 7.07. The first-order valence-corrected chi connectivity index (χ1v) is 9.97. The lowest BCUT2D eigenvalue weighted by molar-refractivity contribution is -0.137. The van der Waals surface area contributed by atoms with Crippen molar-refractivity contribution in [2.45, 2.75) is 33.4 Å². The first-order chi connectivity index (χ1) is 14.9. The standard InChI is InChI=1S/C22H26N4O5/c1-5-31-20(27)10-11-30-14-15(2)26-19-12-23-25(22(28)21(19)16(3)24-26)13-17-6-8-18(29-4)9-7-17/h6-12,15H,5,13-14H2,1-4H3/b11-10+. The van der Waals surface area contributed by atoms with Crippen LogP contribution in [0.3, 0.4) is 0 Å². The van der Waals surface area contributed by atoms with Gasteiger partial charge in [0, 0.05) is 0 Å². The van der Waals surface area contributed by atoms with Gasteiger partial charge in [-0.25, -0.2) is 9.48 Å². The molecule has 2 heterocycles.